The lowest BCUT2D eigenvalue weighted by atomic mass is 10.0. The van der Waals surface area contributed by atoms with Gasteiger partial charge in [-0.25, -0.2) is 4.98 Å². The first-order valence-electron chi connectivity index (χ1n) is 6.09. The zero-order valence-corrected chi connectivity index (χ0v) is 9.04. The number of hydrogen-bond donors (Lipinski definition) is 1. The van der Waals surface area contributed by atoms with Gasteiger partial charge in [-0.05, 0) is 25.7 Å². The van der Waals surface area contributed by atoms with Gasteiger partial charge >= 0.3 is 0 Å². The van der Waals surface area contributed by atoms with Gasteiger partial charge in [0.2, 0.25) is 0 Å². The van der Waals surface area contributed by atoms with Crippen LogP contribution in [-0.4, -0.2) is 11.0 Å². The lowest BCUT2D eigenvalue weighted by Gasteiger charge is -2.07. The van der Waals surface area contributed by atoms with Gasteiger partial charge in [0.25, 0.3) is 0 Å². The summed E-state index contributed by atoms with van der Waals surface area (Å²) >= 11 is 0. The van der Waals surface area contributed by atoms with Crippen LogP contribution in [0.25, 0.3) is 0 Å². The molecule has 0 aromatic carbocycles. The fourth-order valence-corrected chi connectivity index (χ4v) is 2.46. The highest BCUT2D eigenvalue weighted by molar-refractivity contribution is 5.14. The van der Waals surface area contributed by atoms with E-state index in [1.165, 1.54) is 38.5 Å². The molecular formula is C12H18N2O. The number of oxazole rings is 1. The minimum Gasteiger partial charge on any atom is -0.448 e. The van der Waals surface area contributed by atoms with Crippen LogP contribution >= 0.6 is 0 Å². The van der Waals surface area contributed by atoms with Crippen LogP contribution in [0.5, 0.6) is 0 Å². The maximum Gasteiger partial charge on any atom is 0.181 e. The maximum atomic E-state index is 5.55. The molecule has 82 valence electrons. The Labute approximate surface area is 90.3 Å². The van der Waals surface area contributed by atoms with Gasteiger partial charge in [-0.15, -0.1) is 0 Å². The van der Waals surface area contributed by atoms with Crippen molar-refractivity contribution in [3.8, 4) is 0 Å². The molecular weight excluding hydrogens is 188 g/mol. The Balaban J connectivity index is 1.67. The molecule has 1 N–H and O–H groups in total. The number of aromatic nitrogens is 1. The lowest BCUT2D eigenvalue weighted by molar-refractivity contribution is 0.455. The van der Waals surface area contributed by atoms with Gasteiger partial charge in [0, 0.05) is 18.5 Å². The average Bonchev–Trinajstić information content (AvgIpc) is 2.79. The summed E-state index contributed by atoms with van der Waals surface area (Å²) in [5.41, 5.74) is 1.15. The van der Waals surface area contributed by atoms with Crippen molar-refractivity contribution in [1.82, 2.24) is 10.3 Å². The Morgan fingerprint density at radius 3 is 2.80 bits per heavy atom. The molecule has 0 radical (unpaired) electrons. The van der Waals surface area contributed by atoms with E-state index >= 15 is 0 Å². The molecule has 0 atom stereocenters. The molecule has 0 bridgehead atoms. The maximum absolute atomic E-state index is 5.55. The highest BCUT2D eigenvalue weighted by Crippen LogP contribution is 2.35. The number of nitrogens with one attached hydrogen (secondary N) is 1. The van der Waals surface area contributed by atoms with E-state index in [9.17, 15) is 0 Å². The SMILES string of the molecule is c1nc(CNC2CC2)c(C2CCCC2)o1. The molecule has 2 aliphatic carbocycles. The van der Waals surface area contributed by atoms with Crippen molar-refractivity contribution in [1.29, 1.82) is 0 Å². The van der Waals surface area contributed by atoms with Crippen LogP contribution in [0.3, 0.4) is 0 Å². The molecule has 3 heteroatoms. The first-order valence-corrected chi connectivity index (χ1v) is 6.09. The average molecular weight is 206 g/mol. The third-order valence-electron chi connectivity index (χ3n) is 3.53. The zero-order chi connectivity index (χ0) is 10.1. The predicted octanol–water partition coefficient (Wildman–Crippen LogP) is 2.58. The van der Waals surface area contributed by atoms with Crippen molar-refractivity contribution < 1.29 is 4.42 Å². The number of hydrogen-bond acceptors (Lipinski definition) is 3. The third kappa shape index (κ3) is 2.07. The number of rotatable bonds is 4. The van der Waals surface area contributed by atoms with Gasteiger partial charge in [0.15, 0.2) is 6.39 Å². The second kappa shape index (κ2) is 3.97. The molecule has 1 aromatic rings. The molecule has 0 unspecified atom stereocenters. The van der Waals surface area contributed by atoms with Crippen LogP contribution < -0.4 is 5.32 Å². The van der Waals surface area contributed by atoms with Gasteiger partial charge in [-0.3, -0.25) is 0 Å². The molecule has 2 saturated carbocycles. The number of nitrogens with zero attached hydrogens (tertiary/aromatic N) is 1. The Morgan fingerprint density at radius 1 is 1.27 bits per heavy atom. The monoisotopic (exact) mass is 206 g/mol. The van der Waals surface area contributed by atoms with Gasteiger partial charge < -0.3 is 9.73 Å². The van der Waals surface area contributed by atoms with Crippen LogP contribution in [0, 0.1) is 0 Å². The quantitative estimate of drug-likeness (QED) is 0.822. The lowest BCUT2D eigenvalue weighted by Crippen LogP contribution is -2.16. The van der Waals surface area contributed by atoms with E-state index < -0.39 is 0 Å². The summed E-state index contributed by atoms with van der Waals surface area (Å²) in [5.74, 6) is 1.80. The first kappa shape index (κ1) is 9.40. The highest BCUT2D eigenvalue weighted by atomic mass is 16.3. The second-order valence-corrected chi connectivity index (χ2v) is 4.80. The Bertz CT molecular complexity index is 324. The molecule has 1 heterocycles. The van der Waals surface area contributed by atoms with Crippen LogP contribution in [0.4, 0.5) is 0 Å². The third-order valence-corrected chi connectivity index (χ3v) is 3.53. The zero-order valence-electron chi connectivity index (χ0n) is 9.04. The predicted molar refractivity (Wildman–Crippen MR) is 57.6 cm³/mol. The molecule has 15 heavy (non-hydrogen) atoms. The molecule has 0 saturated heterocycles. The van der Waals surface area contributed by atoms with E-state index in [1.807, 2.05) is 0 Å². The fraction of sp³-hybridized carbons (Fsp3) is 0.750. The van der Waals surface area contributed by atoms with Crippen molar-refractivity contribution in [2.75, 3.05) is 0 Å². The first-order chi connectivity index (χ1) is 7.43. The van der Waals surface area contributed by atoms with Crippen LogP contribution in [0.15, 0.2) is 10.8 Å². The molecule has 2 aliphatic rings. The Kier molecular flexibility index (Phi) is 2.49. The van der Waals surface area contributed by atoms with E-state index in [-0.39, 0.29) is 0 Å². The summed E-state index contributed by atoms with van der Waals surface area (Å²) in [5, 5.41) is 3.50. The van der Waals surface area contributed by atoms with Crippen LogP contribution in [0.2, 0.25) is 0 Å². The summed E-state index contributed by atoms with van der Waals surface area (Å²) in [7, 11) is 0. The smallest absolute Gasteiger partial charge is 0.181 e. The second-order valence-electron chi connectivity index (χ2n) is 4.80. The topological polar surface area (TPSA) is 38.1 Å². The minimum atomic E-state index is 0.642. The van der Waals surface area contributed by atoms with E-state index in [2.05, 4.69) is 10.3 Å². The molecule has 3 rings (SSSR count). The molecule has 0 aliphatic heterocycles. The summed E-state index contributed by atoms with van der Waals surface area (Å²) in [4.78, 5) is 4.33. The fourth-order valence-electron chi connectivity index (χ4n) is 2.46. The van der Waals surface area contributed by atoms with Crippen molar-refractivity contribution in [3.63, 3.8) is 0 Å². The molecule has 3 nitrogen and oxygen atoms in total. The van der Waals surface area contributed by atoms with Crippen molar-refractivity contribution in [3.05, 3.63) is 17.8 Å². The van der Waals surface area contributed by atoms with Crippen LogP contribution in [0.1, 0.15) is 55.9 Å². The highest BCUT2D eigenvalue weighted by Gasteiger charge is 2.25. The normalized spacial score (nSPS) is 22.4. The standard InChI is InChI=1S/C12H18N2O/c1-2-4-9(3-1)12-11(14-8-15-12)7-13-10-5-6-10/h8-10,13H,1-7H2. The largest absolute Gasteiger partial charge is 0.448 e. The molecule has 2 fully saturated rings. The summed E-state index contributed by atoms with van der Waals surface area (Å²) in [6.07, 6.45) is 9.53. The summed E-state index contributed by atoms with van der Waals surface area (Å²) in [6.45, 7) is 0.896. The van der Waals surface area contributed by atoms with E-state index in [0.717, 1.165) is 24.0 Å². The Hall–Kier alpha value is -0.830. The molecule has 0 spiro atoms. The van der Waals surface area contributed by atoms with Crippen molar-refractivity contribution in [2.45, 2.75) is 57.0 Å². The van der Waals surface area contributed by atoms with Crippen molar-refractivity contribution >= 4 is 0 Å². The van der Waals surface area contributed by atoms with Gasteiger partial charge in [-0.2, -0.15) is 0 Å². The summed E-state index contributed by atoms with van der Waals surface area (Å²) in [6, 6.07) is 0.748. The molecule has 0 amide bonds. The molecule has 1 aromatic heterocycles. The van der Waals surface area contributed by atoms with Gasteiger partial charge in [0.05, 0.1) is 5.69 Å². The van der Waals surface area contributed by atoms with Crippen molar-refractivity contribution in [2.24, 2.45) is 0 Å². The minimum absolute atomic E-state index is 0.642. The Morgan fingerprint density at radius 2 is 2.07 bits per heavy atom. The summed E-state index contributed by atoms with van der Waals surface area (Å²) < 4.78 is 5.55. The van der Waals surface area contributed by atoms with Gasteiger partial charge in [0.1, 0.15) is 5.76 Å². The van der Waals surface area contributed by atoms with E-state index in [1.54, 1.807) is 6.39 Å². The van der Waals surface area contributed by atoms with E-state index in [4.69, 9.17) is 4.42 Å². The van der Waals surface area contributed by atoms with Crippen LogP contribution in [-0.2, 0) is 6.54 Å². The van der Waals surface area contributed by atoms with E-state index in [0.29, 0.717) is 5.92 Å². The van der Waals surface area contributed by atoms with Gasteiger partial charge in [-0.1, -0.05) is 12.8 Å².